The van der Waals surface area contributed by atoms with E-state index in [0.717, 1.165) is 40.9 Å². The van der Waals surface area contributed by atoms with Crippen LogP contribution in [0.5, 0.6) is 0 Å². The van der Waals surface area contributed by atoms with E-state index in [1.54, 1.807) is 12.1 Å². The van der Waals surface area contributed by atoms with E-state index in [9.17, 15) is 4.39 Å². The number of nitrogens with one attached hydrogen (secondary N) is 1. The fourth-order valence-electron chi connectivity index (χ4n) is 2.63. The molecule has 3 nitrogen and oxygen atoms in total. The molecule has 4 heteroatoms. The van der Waals surface area contributed by atoms with Gasteiger partial charge in [0.2, 0.25) is 0 Å². The topological polar surface area (TPSA) is 34.2 Å². The number of nitrogens with zero attached hydrogens (tertiary/aromatic N) is 1. The highest BCUT2D eigenvalue weighted by Crippen LogP contribution is 2.35. The predicted octanol–water partition coefficient (Wildman–Crippen LogP) is 3.02. The molecule has 0 saturated heterocycles. The number of aromatic nitrogens is 1. The van der Waals surface area contributed by atoms with Gasteiger partial charge in [-0.1, -0.05) is 0 Å². The fraction of sp³-hybridized carbons (Fsp3) is 0.400. The van der Waals surface area contributed by atoms with Crippen molar-refractivity contribution in [1.29, 1.82) is 0 Å². The molecule has 4 rings (SSSR count). The van der Waals surface area contributed by atoms with E-state index in [-0.39, 0.29) is 5.82 Å². The molecule has 0 bridgehead atoms. The van der Waals surface area contributed by atoms with Gasteiger partial charge in [0.05, 0.1) is 30.1 Å². The number of benzene rings is 1. The molecule has 0 spiro atoms. The van der Waals surface area contributed by atoms with Crippen molar-refractivity contribution in [1.82, 2.24) is 4.98 Å². The summed E-state index contributed by atoms with van der Waals surface area (Å²) in [6.45, 7) is 1.29. The average molecular weight is 258 g/mol. The maximum absolute atomic E-state index is 13.5. The quantitative estimate of drug-likeness (QED) is 0.899. The SMILES string of the molecule is Fc1ccc2nc3c(c(NC4CC4)c2c1)COCC3. The van der Waals surface area contributed by atoms with Crippen LogP contribution in [0.1, 0.15) is 24.1 Å². The summed E-state index contributed by atoms with van der Waals surface area (Å²) < 4.78 is 19.1. The van der Waals surface area contributed by atoms with Crippen molar-refractivity contribution in [3.05, 3.63) is 35.3 Å². The third kappa shape index (κ3) is 1.96. The van der Waals surface area contributed by atoms with Gasteiger partial charge in [0.25, 0.3) is 0 Å². The van der Waals surface area contributed by atoms with Crippen LogP contribution < -0.4 is 5.32 Å². The highest BCUT2D eigenvalue weighted by Gasteiger charge is 2.25. The van der Waals surface area contributed by atoms with Gasteiger partial charge in [-0.2, -0.15) is 0 Å². The van der Waals surface area contributed by atoms with Gasteiger partial charge in [-0.25, -0.2) is 4.39 Å². The van der Waals surface area contributed by atoms with Crippen LogP contribution >= 0.6 is 0 Å². The van der Waals surface area contributed by atoms with Crippen molar-refractivity contribution in [3.63, 3.8) is 0 Å². The number of halogens is 1. The van der Waals surface area contributed by atoms with E-state index in [1.165, 1.54) is 18.9 Å². The van der Waals surface area contributed by atoms with E-state index in [4.69, 9.17) is 4.74 Å². The van der Waals surface area contributed by atoms with Crippen LogP contribution in [0.25, 0.3) is 10.9 Å². The number of pyridine rings is 1. The Bertz CT molecular complexity index is 652. The number of ether oxygens (including phenoxy) is 1. The zero-order chi connectivity index (χ0) is 12.8. The summed E-state index contributed by atoms with van der Waals surface area (Å²) >= 11 is 0. The first-order valence-corrected chi connectivity index (χ1v) is 6.76. The van der Waals surface area contributed by atoms with Crippen molar-refractivity contribution in [3.8, 4) is 0 Å². The normalized spacial score (nSPS) is 18.4. The summed E-state index contributed by atoms with van der Waals surface area (Å²) in [4.78, 5) is 4.66. The van der Waals surface area contributed by atoms with Crippen LogP contribution in [-0.4, -0.2) is 17.6 Å². The highest BCUT2D eigenvalue weighted by atomic mass is 19.1. The van der Waals surface area contributed by atoms with Crippen LogP contribution in [-0.2, 0) is 17.8 Å². The van der Waals surface area contributed by atoms with Crippen LogP contribution in [0.15, 0.2) is 18.2 Å². The number of anilines is 1. The van der Waals surface area contributed by atoms with Crippen LogP contribution in [0.4, 0.5) is 10.1 Å². The van der Waals surface area contributed by atoms with Gasteiger partial charge in [0.1, 0.15) is 5.82 Å². The molecule has 1 aromatic heterocycles. The van der Waals surface area contributed by atoms with Gasteiger partial charge in [-0.3, -0.25) is 4.98 Å². The van der Waals surface area contributed by atoms with E-state index in [0.29, 0.717) is 12.6 Å². The summed E-state index contributed by atoms with van der Waals surface area (Å²) in [5.41, 5.74) is 4.09. The lowest BCUT2D eigenvalue weighted by atomic mass is 10.0. The van der Waals surface area contributed by atoms with Gasteiger partial charge in [0.15, 0.2) is 0 Å². The third-order valence-electron chi connectivity index (χ3n) is 3.79. The molecule has 0 atom stereocenters. The Morgan fingerprint density at radius 1 is 1.32 bits per heavy atom. The number of hydrogen-bond acceptors (Lipinski definition) is 3. The van der Waals surface area contributed by atoms with Gasteiger partial charge in [0, 0.05) is 23.4 Å². The second kappa shape index (κ2) is 4.17. The lowest BCUT2D eigenvalue weighted by molar-refractivity contribution is 0.110. The van der Waals surface area contributed by atoms with Crippen molar-refractivity contribution in [2.75, 3.05) is 11.9 Å². The Kier molecular flexibility index (Phi) is 2.45. The Morgan fingerprint density at radius 3 is 3.05 bits per heavy atom. The van der Waals surface area contributed by atoms with Gasteiger partial charge in [-0.05, 0) is 31.0 Å². The Labute approximate surface area is 110 Å². The molecule has 19 heavy (non-hydrogen) atoms. The molecule has 1 fully saturated rings. The molecule has 2 aliphatic rings. The predicted molar refractivity (Wildman–Crippen MR) is 71.7 cm³/mol. The second-order valence-corrected chi connectivity index (χ2v) is 5.29. The molecule has 1 N–H and O–H groups in total. The van der Waals surface area contributed by atoms with Crippen molar-refractivity contribution in [2.45, 2.75) is 31.9 Å². The van der Waals surface area contributed by atoms with Gasteiger partial charge >= 0.3 is 0 Å². The highest BCUT2D eigenvalue weighted by molar-refractivity contribution is 5.93. The molecule has 98 valence electrons. The van der Waals surface area contributed by atoms with Crippen LogP contribution in [0, 0.1) is 5.82 Å². The molecule has 1 saturated carbocycles. The minimum atomic E-state index is -0.218. The van der Waals surface area contributed by atoms with Crippen molar-refractivity contribution in [2.24, 2.45) is 0 Å². The molecule has 0 unspecified atom stereocenters. The van der Waals surface area contributed by atoms with Crippen LogP contribution in [0.2, 0.25) is 0 Å². The first-order chi connectivity index (χ1) is 9.31. The minimum absolute atomic E-state index is 0.218. The van der Waals surface area contributed by atoms with Gasteiger partial charge < -0.3 is 10.1 Å². The van der Waals surface area contributed by atoms with E-state index in [2.05, 4.69) is 10.3 Å². The van der Waals surface area contributed by atoms with E-state index >= 15 is 0 Å². The lowest BCUT2D eigenvalue weighted by Gasteiger charge is -2.22. The number of hydrogen-bond donors (Lipinski definition) is 1. The van der Waals surface area contributed by atoms with Crippen LogP contribution in [0.3, 0.4) is 0 Å². The largest absolute Gasteiger partial charge is 0.381 e. The summed E-state index contributed by atoms with van der Waals surface area (Å²) in [6.07, 6.45) is 3.21. The summed E-state index contributed by atoms with van der Waals surface area (Å²) in [7, 11) is 0. The molecule has 2 aromatic rings. The molecular weight excluding hydrogens is 243 g/mol. The molecule has 1 aromatic carbocycles. The molecule has 1 aliphatic heterocycles. The molecular formula is C15H15FN2O. The molecule has 1 aliphatic carbocycles. The molecule has 2 heterocycles. The standard InChI is InChI=1S/C15H15FN2O/c16-9-1-4-13-11(7-9)15(17-10-2-3-10)12-8-19-6-5-14(12)18-13/h1,4,7,10H,2-3,5-6,8H2,(H,17,18). The first-order valence-electron chi connectivity index (χ1n) is 6.76. The Balaban J connectivity index is 1.96. The average Bonchev–Trinajstić information content (AvgIpc) is 3.23. The zero-order valence-corrected chi connectivity index (χ0v) is 10.6. The van der Waals surface area contributed by atoms with E-state index in [1.807, 2.05) is 0 Å². The number of fused-ring (bicyclic) bond motifs is 2. The zero-order valence-electron chi connectivity index (χ0n) is 10.6. The minimum Gasteiger partial charge on any atom is -0.381 e. The first kappa shape index (κ1) is 11.2. The van der Waals surface area contributed by atoms with E-state index < -0.39 is 0 Å². The molecule has 0 radical (unpaired) electrons. The number of rotatable bonds is 2. The summed E-state index contributed by atoms with van der Waals surface area (Å²) in [6, 6.07) is 5.34. The summed E-state index contributed by atoms with van der Waals surface area (Å²) in [5, 5.41) is 4.40. The fourth-order valence-corrected chi connectivity index (χ4v) is 2.63. The smallest absolute Gasteiger partial charge is 0.124 e. The Morgan fingerprint density at radius 2 is 2.21 bits per heavy atom. The molecule has 0 amide bonds. The second-order valence-electron chi connectivity index (χ2n) is 5.29. The monoisotopic (exact) mass is 258 g/mol. The maximum Gasteiger partial charge on any atom is 0.124 e. The van der Waals surface area contributed by atoms with Gasteiger partial charge in [-0.15, -0.1) is 0 Å². The Hall–Kier alpha value is -1.68. The summed E-state index contributed by atoms with van der Waals surface area (Å²) in [5.74, 6) is -0.218. The van der Waals surface area contributed by atoms with Crippen molar-refractivity contribution < 1.29 is 9.13 Å². The van der Waals surface area contributed by atoms with Crippen molar-refractivity contribution >= 4 is 16.6 Å². The maximum atomic E-state index is 13.5. The lowest BCUT2D eigenvalue weighted by Crippen LogP contribution is -2.16. The third-order valence-corrected chi connectivity index (χ3v) is 3.79.